The molecule has 4 rings (SSSR count). The molecule has 2 aromatic heterocycles. The monoisotopic (exact) mass is 316 g/mol. The summed E-state index contributed by atoms with van der Waals surface area (Å²) < 4.78 is 28.5. The van der Waals surface area contributed by atoms with Crippen LogP contribution in [-0.4, -0.2) is 26.6 Å². The highest BCUT2D eigenvalue weighted by molar-refractivity contribution is 5.91. The van der Waals surface area contributed by atoms with Gasteiger partial charge in [0.25, 0.3) is 0 Å². The first-order chi connectivity index (χ1) is 11.0. The fourth-order valence-electron chi connectivity index (χ4n) is 3.26. The molecule has 4 nitrogen and oxygen atoms in total. The van der Waals surface area contributed by atoms with Gasteiger partial charge in [-0.15, -0.1) is 0 Å². The number of benzene rings is 1. The zero-order valence-electron chi connectivity index (χ0n) is 12.9. The van der Waals surface area contributed by atoms with Gasteiger partial charge in [0.2, 0.25) is 5.92 Å². The van der Waals surface area contributed by atoms with Crippen LogP contribution in [0.4, 0.5) is 14.6 Å². The Morgan fingerprint density at radius 1 is 1.22 bits per heavy atom. The van der Waals surface area contributed by atoms with Gasteiger partial charge >= 0.3 is 0 Å². The molecule has 3 aromatic rings. The minimum atomic E-state index is -2.51. The number of aromatic nitrogens is 3. The molecule has 0 aliphatic heterocycles. The number of rotatable bonds is 2. The maximum absolute atomic E-state index is 13.3. The molecule has 1 aliphatic carbocycles. The van der Waals surface area contributed by atoms with Gasteiger partial charge < -0.3 is 5.32 Å². The average molecular weight is 316 g/mol. The molecule has 1 saturated carbocycles. The van der Waals surface area contributed by atoms with E-state index in [0.717, 1.165) is 28.1 Å². The first-order valence-corrected chi connectivity index (χ1v) is 7.91. The molecule has 0 saturated heterocycles. The minimum absolute atomic E-state index is 0.0389. The first-order valence-electron chi connectivity index (χ1n) is 7.91. The SMILES string of the molecule is Cc1cc2nc(NC3CCC(F)(F)CC3)c3ccccc3n2n1. The summed E-state index contributed by atoms with van der Waals surface area (Å²) in [4.78, 5) is 4.66. The molecule has 23 heavy (non-hydrogen) atoms. The Hall–Kier alpha value is -2.24. The standard InChI is InChI=1S/C17H18F2N4/c1-11-10-15-21-16(20-12-6-8-17(18,19)9-7-12)13-4-2-3-5-14(13)23(15)22-11/h2-5,10,12H,6-9H2,1H3,(H,20,21). The van der Waals surface area contributed by atoms with Crippen molar-refractivity contribution in [2.45, 2.75) is 44.6 Å². The molecule has 120 valence electrons. The van der Waals surface area contributed by atoms with Crippen molar-refractivity contribution in [3.05, 3.63) is 36.0 Å². The van der Waals surface area contributed by atoms with Gasteiger partial charge in [0.1, 0.15) is 5.82 Å². The van der Waals surface area contributed by atoms with Crippen LogP contribution in [0.25, 0.3) is 16.6 Å². The van der Waals surface area contributed by atoms with Crippen LogP contribution in [-0.2, 0) is 0 Å². The number of halogens is 2. The van der Waals surface area contributed by atoms with Gasteiger partial charge in [-0.3, -0.25) is 0 Å². The minimum Gasteiger partial charge on any atom is -0.367 e. The van der Waals surface area contributed by atoms with E-state index in [1.54, 1.807) is 0 Å². The lowest BCUT2D eigenvalue weighted by molar-refractivity contribution is -0.0361. The number of aryl methyl sites for hydroxylation is 1. The number of nitrogens with one attached hydrogen (secondary N) is 1. The summed E-state index contributed by atoms with van der Waals surface area (Å²) in [7, 11) is 0. The molecule has 0 bridgehead atoms. The topological polar surface area (TPSA) is 42.2 Å². The van der Waals surface area contributed by atoms with Crippen LogP contribution in [0.2, 0.25) is 0 Å². The lowest BCUT2D eigenvalue weighted by Gasteiger charge is -2.29. The molecule has 0 radical (unpaired) electrons. The molecular formula is C17H18F2N4. The normalized spacial score (nSPS) is 18.6. The molecule has 0 amide bonds. The van der Waals surface area contributed by atoms with Crippen molar-refractivity contribution in [3.63, 3.8) is 0 Å². The Balaban J connectivity index is 1.73. The zero-order valence-corrected chi connectivity index (χ0v) is 12.9. The third-order valence-corrected chi connectivity index (χ3v) is 4.48. The van der Waals surface area contributed by atoms with Crippen molar-refractivity contribution in [1.29, 1.82) is 0 Å². The second-order valence-electron chi connectivity index (χ2n) is 6.31. The van der Waals surface area contributed by atoms with Gasteiger partial charge in [0.05, 0.1) is 11.2 Å². The van der Waals surface area contributed by atoms with Crippen LogP contribution < -0.4 is 5.32 Å². The van der Waals surface area contributed by atoms with E-state index < -0.39 is 5.92 Å². The van der Waals surface area contributed by atoms with Crippen LogP contribution >= 0.6 is 0 Å². The maximum Gasteiger partial charge on any atom is 0.248 e. The Kier molecular flexibility index (Phi) is 3.21. The summed E-state index contributed by atoms with van der Waals surface area (Å²) in [6.07, 6.45) is 0.812. The summed E-state index contributed by atoms with van der Waals surface area (Å²) >= 11 is 0. The zero-order chi connectivity index (χ0) is 16.0. The van der Waals surface area contributed by atoms with E-state index in [1.165, 1.54) is 0 Å². The smallest absolute Gasteiger partial charge is 0.248 e. The quantitative estimate of drug-likeness (QED) is 0.771. The largest absolute Gasteiger partial charge is 0.367 e. The fourth-order valence-corrected chi connectivity index (χ4v) is 3.26. The highest BCUT2D eigenvalue weighted by Gasteiger charge is 2.35. The molecule has 1 aromatic carbocycles. The van der Waals surface area contributed by atoms with E-state index in [9.17, 15) is 8.78 Å². The Labute approximate surface area is 132 Å². The highest BCUT2D eigenvalue weighted by Crippen LogP contribution is 2.35. The first kappa shape index (κ1) is 14.4. The summed E-state index contributed by atoms with van der Waals surface area (Å²) in [6, 6.07) is 9.86. The van der Waals surface area contributed by atoms with E-state index in [1.807, 2.05) is 41.8 Å². The number of para-hydroxylation sites is 1. The van der Waals surface area contributed by atoms with Gasteiger partial charge in [-0.1, -0.05) is 12.1 Å². The van der Waals surface area contributed by atoms with E-state index in [0.29, 0.717) is 12.8 Å². The van der Waals surface area contributed by atoms with E-state index >= 15 is 0 Å². The van der Waals surface area contributed by atoms with Crippen molar-refractivity contribution in [1.82, 2.24) is 14.6 Å². The van der Waals surface area contributed by atoms with Crippen molar-refractivity contribution in [2.75, 3.05) is 5.32 Å². The number of nitrogens with zero attached hydrogens (tertiary/aromatic N) is 3. The van der Waals surface area contributed by atoms with Crippen LogP contribution in [0.3, 0.4) is 0 Å². The van der Waals surface area contributed by atoms with Crippen LogP contribution in [0.1, 0.15) is 31.4 Å². The van der Waals surface area contributed by atoms with Crippen molar-refractivity contribution < 1.29 is 8.78 Å². The molecule has 6 heteroatoms. The number of hydrogen-bond donors (Lipinski definition) is 1. The molecule has 1 fully saturated rings. The number of anilines is 1. The van der Waals surface area contributed by atoms with Crippen molar-refractivity contribution in [2.24, 2.45) is 0 Å². The lowest BCUT2D eigenvalue weighted by atomic mass is 9.92. The van der Waals surface area contributed by atoms with E-state index in [4.69, 9.17) is 0 Å². The fraction of sp³-hybridized carbons (Fsp3) is 0.412. The van der Waals surface area contributed by atoms with Gasteiger partial charge in [-0.05, 0) is 31.9 Å². The van der Waals surface area contributed by atoms with Gasteiger partial charge in [-0.25, -0.2) is 18.3 Å². The van der Waals surface area contributed by atoms with Gasteiger partial charge in [0, 0.05) is 30.3 Å². The Morgan fingerprint density at radius 3 is 2.74 bits per heavy atom. The molecule has 2 heterocycles. The Morgan fingerprint density at radius 2 is 1.96 bits per heavy atom. The summed E-state index contributed by atoms with van der Waals surface area (Å²) in [5, 5.41) is 8.81. The van der Waals surface area contributed by atoms with Crippen LogP contribution in [0.15, 0.2) is 30.3 Å². The predicted molar refractivity (Wildman–Crippen MR) is 86.1 cm³/mol. The van der Waals surface area contributed by atoms with Gasteiger partial charge in [0.15, 0.2) is 5.65 Å². The predicted octanol–water partition coefficient (Wildman–Crippen LogP) is 4.18. The van der Waals surface area contributed by atoms with E-state index in [-0.39, 0.29) is 18.9 Å². The highest BCUT2D eigenvalue weighted by atomic mass is 19.3. The summed E-state index contributed by atoms with van der Waals surface area (Å²) in [6.45, 7) is 1.93. The number of alkyl halides is 2. The molecule has 1 aliphatic rings. The summed E-state index contributed by atoms with van der Waals surface area (Å²) in [5.74, 6) is -1.76. The lowest BCUT2D eigenvalue weighted by Crippen LogP contribution is -2.32. The second-order valence-corrected chi connectivity index (χ2v) is 6.31. The third-order valence-electron chi connectivity index (χ3n) is 4.48. The number of hydrogen-bond acceptors (Lipinski definition) is 3. The van der Waals surface area contributed by atoms with Gasteiger partial charge in [-0.2, -0.15) is 5.10 Å². The molecule has 0 unspecified atom stereocenters. The molecule has 0 atom stereocenters. The van der Waals surface area contributed by atoms with E-state index in [2.05, 4.69) is 15.4 Å². The third kappa shape index (κ3) is 2.62. The Bertz CT molecular complexity index is 862. The van der Waals surface area contributed by atoms with Crippen LogP contribution in [0.5, 0.6) is 0 Å². The van der Waals surface area contributed by atoms with Crippen molar-refractivity contribution >= 4 is 22.4 Å². The second kappa shape index (κ2) is 5.15. The molecule has 0 spiro atoms. The number of fused-ring (bicyclic) bond motifs is 3. The summed E-state index contributed by atoms with van der Waals surface area (Å²) in [5.41, 5.74) is 2.64. The average Bonchev–Trinajstić information content (AvgIpc) is 2.90. The molecule has 1 N–H and O–H groups in total. The maximum atomic E-state index is 13.3. The van der Waals surface area contributed by atoms with Crippen LogP contribution in [0, 0.1) is 6.92 Å². The molecular weight excluding hydrogens is 298 g/mol. The van der Waals surface area contributed by atoms with Crippen molar-refractivity contribution in [3.8, 4) is 0 Å².